The van der Waals surface area contributed by atoms with Gasteiger partial charge in [-0.05, 0) is 36.5 Å². The Bertz CT molecular complexity index is 769. The highest BCUT2D eigenvalue weighted by Gasteiger charge is 2.31. The lowest BCUT2D eigenvalue weighted by Gasteiger charge is -2.12. The van der Waals surface area contributed by atoms with Gasteiger partial charge in [0.1, 0.15) is 0 Å². The highest BCUT2D eigenvalue weighted by molar-refractivity contribution is 7.80. The maximum atomic E-state index is 12.6. The Morgan fingerprint density at radius 1 is 1.08 bits per heavy atom. The highest BCUT2D eigenvalue weighted by atomic mass is 35.5. The van der Waals surface area contributed by atoms with Gasteiger partial charge in [0.2, 0.25) is 0 Å². The first kappa shape index (κ1) is 19.1. The van der Waals surface area contributed by atoms with Gasteiger partial charge >= 0.3 is 6.18 Å². The molecular formula is C14H9Cl3F3N3S. The molecule has 0 aliphatic heterocycles. The maximum Gasteiger partial charge on any atom is 0.417 e. The van der Waals surface area contributed by atoms with Crippen LogP contribution in [-0.2, 0) is 12.7 Å². The largest absolute Gasteiger partial charge is 0.417 e. The predicted octanol–water partition coefficient (Wildman–Crippen LogP) is 5.55. The lowest BCUT2D eigenvalue weighted by molar-refractivity contribution is -0.137. The molecule has 0 aliphatic rings. The van der Waals surface area contributed by atoms with Crippen molar-refractivity contribution < 1.29 is 13.2 Å². The molecule has 10 heteroatoms. The normalized spacial score (nSPS) is 11.2. The fourth-order valence-electron chi connectivity index (χ4n) is 1.66. The molecule has 0 saturated carbocycles. The number of nitrogens with zero attached hydrogens (tertiary/aromatic N) is 1. The summed E-state index contributed by atoms with van der Waals surface area (Å²) in [6.07, 6.45) is -3.77. The first-order valence-corrected chi connectivity index (χ1v) is 7.92. The zero-order valence-corrected chi connectivity index (χ0v) is 14.8. The van der Waals surface area contributed by atoms with E-state index in [0.29, 0.717) is 15.7 Å². The van der Waals surface area contributed by atoms with Crippen molar-refractivity contribution in [3.05, 3.63) is 56.8 Å². The van der Waals surface area contributed by atoms with Gasteiger partial charge in [-0.2, -0.15) is 13.2 Å². The summed E-state index contributed by atoms with van der Waals surface area (Å²) in [4.78, 5) is 3.71. The lowest BCUT2D eigenvalue weighted by Crippen LogP contribution is -2.28. The van der Waals surface area contributed by atoms with Crippen LogP contribution in [0.3, 0.4) is 0 Å². The molecule has 0 aliphatic carbocycles. The molecule has 1 heterocycles. The molecule has 0 spiro atoms. The zero-order valence-electron chi connectivity index (χ0n) is 11.7. The molecule has 3 nitrogen and oxygen atoms in total. The van der Waals surface area contributed by atoms with Gasteiger partial charge in [-0.25, -0.2) is 0 Å². The van der Waals surface area contributed by atoms with Crippen LogP contribution in [0.15, 0.2) is 30.5 Å². The molecule has 0 saturated heterocycles. The predicted molar refractivity (Wildman–Crippen MR) is 93.8 cm³/mol. The Hall–Kier alpha value is -1.28. The molecule has 0 radical (unpaired) electrons. The van der Waals surface area contributed by atoms with E-state index in [9.17, 15) is 13.2 Å². The first-order valence-electron chi connectivity index (χ1n) is 6.38. The van der Waals surface area contributed by atoms with E-state index in [4.69, 9.17) is 47.0 Å². The van der Waals surface area contributed by atoms with Gasteiger partial charge in [0.25, 0.3) is 0 Å². The van der Waals surface area contributed by atoms with E-state index in [2.05, 4.69) is 15.6 Å². The van der Waals surface area contributed by atoms with E-state index in [1.54, 1.807) is 18.2 Å². The third kappa shape index (κ3) is 5.11. The summed E-state index contributed by atoms with van der Waals surface area (Å²) >= 11 is 22.6. The van der Waals surface area contributed by atoms with Crippen LogP contribution >= 0.6 is 47.0 Å². The summed E-state index contributed by atoms with van der Waals surface area (Å²) in [6, 6.07) is 5.68. The summed E-state index contributed by atoms with van der Waals surface area (Å²) < 4.78 is 37.7. The number of aromatic nitrogens is 1. The van der Waals surface area contributed by atoms with Crippen molar-refractivity contribution in [2.24, 2.45) is 0 Å². The molecule has 2 rings (SSSR count). The van der Waals surface area contributed by atoms with Crippen molar-refractivity contribution in [3.63, 3.8) is 0 Å². The molecule has 0 bridgehead atoms. The topological polar surface area (TPSA) is 37.0 Å². The number of rotatable bonds is 3. The summed E-state index contributed by atoms with van der Waals surface area (Å²) in [6.45, 7) is 0.0596. The summed E-state index contributed by atoms with van der Waals surface area (Å²) in [7, 11) is 0. The molecule has 2 N–H and O–H groups in total. The van der Waals surface area contributed by atoms with Gasteiger partial charge in [-0.15, -0.1) is 0 Å². The van der Waals surface area contributed by atoms with Gasteiger partial charge < -0.3 is 10.6 Å². The van der Waals surface area contributed by atoms with E-state index in [-0.39, 0.29) is 22.4 Å². The van der Waals surface area contributed by atoms with Crippen LogP contribution in [0, 0.1) is 0 Å². The quantitative estimate of drug-likeness (QED) is 0.646. The molecule has 128 valence electrons. The minimum Gasteiger partial charge on any atom is -0.357 e. The number of anilines is 1. The van der Waals surface area contributed by atoms with Gasteiger partial charge in [0, 0.05) is 11.9 Å². The molecule has 0 atom stereocenters. The van der Waals surface area contributed by atoms with Crippen LogP contribution in [0.5, 0.6) is 0 Å². The molecule has 24 heavy (non-hydrogen) atoms. The van der Waals surface area contributed by atoms with Crippen molar-refractivity contribution in [1.82, 2.24) is 10.3 Å². The van der Waals surface area contributed by atoms with Crippen LogP contribution in [-0.4, -0.2) is 10.1 Å². The highest BCUT2D eigenvalue weighted by Crippen LogP contribution is 2.31. The van der Waals surface area contributed by atoms with Crippen molar-refractivity contribution in [1.29, 1.82) is 0 Å². The second kappa shape index (κ2) is 7.74. The Kier molecular flexibility index (Phi) is 6.14. The molecule has 0 fully saturated rings. The minimum absolute atomic E-state index is 0.0596. The molecule has 0 unspecified atom stereocenters. The van der Waals surface area contributed by atoms with Crippen LogP contribution in [0.2, 0.25) is 15.1 Å². The smallest absolute Gasteiger partial charge is 0.357 e. The third-order valence-corrected chi connectivity index (χ3v) is 4.15. The standard InChI is InChI=1S/C14H9Cl3F3N3S/c15-9-2-1-8(4-10(9)16)23-13(24)22-6-12-11(17)3-7(5-21-12)14(18,19)20/h1-5H,6H2,(H2,22,23,24). The van der Waals surface area contributed by atoms with E-state index < -0.39 is 11.7 Å². The van der Waals surface area contributed by atoms with E-state index in [1.807, 2.05) is 0 Å². The van der Waals surface area contributed by atoms with E-state index in [1.165, 1.54) is 0 Å². The van der Waals surface area contributed by atoms with E-state index in [0.717, 1.165) is 12.3 Å². The lowest BCUT2D eigenvalue weighted by atomic mass is 10.2. The Morgan fingerprint density at radius 2 is 1.79 bits per heavy atom. The average Bonchev–Trinajstić information content (AvgIpc) is 2.49. The number of pyridine rings is 1. The number of hydrogen-bond acceptors (Lipinski definition) is 2. The Morgan fingerprint density at radius 3 is 2.38 bits per heavy atom. The monoisotopic (exact) mass is 413 g/mol. The molecular weight excluding hydrogens is 406 g/mol. The molecule has 2 aromatic rings. The van der Waals surface area contributed by atoms with Crippen LogP contribution in [0.25, 0.3) is 0 Å². The van der Waals surface area contributed by atoms with Crippen LogP contribution < -0.4 is 10.6 Å². The van der Waals surface area contributed by atoms with Crippen molar-refractivity contribution in [2.75, 3.05) is 5.32 Å². The summed E-state index contributed by atoms with van der Waals surface area (Å²) in [5.41, 5.74) is -0.0657. The number of alkyl halides is 3. The Balaban J connectivity index is 1.97. The van der Waals surface area contributed by atoms with Gasteiger partial charge in [-0.1, -0.05) is 34.8 Å². The van der Waals surface area contributed by atoms with Crippen LogP contribution in [0.1, 0.15) is 11.3 Å². The maximum absolute atomic E-state index is 12.6. The SMILES string of the molecule is FC(F)(F)c1cnc(CNC(=S)Nc2ccc(Cl)c(Cl)c2)c(Cl)c1. The van der Waals surface area contributed by atoms with Crippen molar-refractivity contribution >= 4 is 57.8 Å². The number of hydrogen-bond donors (Lipinski definition) is 2. The third-order valence-electron chi connectivity index (χ3n) is 2.84. The summed E-state index contributed by atoms with van der Waals surface area (Å²) in [5.74, 6) is 0. The number of nitrogens with one attached hydrogen (secondary N) is 2. The zero-order chi connectivity index (χ0) is 17.9. The molecule has 0 amide bonds. The van der Waals surface area contributed by atoms with Gasteiger partial charge in [-0.3, -0.25) is 4.98 Å². The van der Waals surface area contributed by atoms with Gasteiger partial charge in [0.15, 0.2) is 5.11 Å². The Labute approximate surface area is 156 Å². The van der Waals surface area contributed by atoms with Crippen LogP contribution in [0.4, 0.5) is 18.9 Å². The van der Waals surface area contributed by atoms with Crippen molar-refractivity contribution in [3.8, 4) is 0 Å². The summed E-state index contributed by atoms with van der Waals surface area (Å²) in [5, 5.41) is 6.55. The molecule has 1 aromatic heterocycles. The fourth-order valence-corrected chi connectivity index (χ4v) is 2.39. The van der Waals surface area contributed by atoms with E-state index >= 15 is 0 Å². The molecule has 1 aromatic carbocycles. The average molecular weight is 415 g/mol. The number of thiocarbonyl (C=S) groups is 1. The second-order valence-electron chi connectivity index (χ2n) is 4.59. The second-order valence-corrected chi connectivity index (χ2v) is 6.22. The first-order chi connectivity index (χ1) is 11.2. The minimum atomic E-state index is -4.49. The number of halogens is 6. The number of benzene rings is 1. The van der Waals surface area contributed by atoms with Gasteiger partial charge in [0.05, 0.1) is 32.9 Å². The fraction of sp³-hybridized carbons (Fsp3) is 0.143. The van der Waals surface area contributed by atoms with Crippen molar-refractivity contribution in [2.45, 2.75) is 12.7 Å².